The van der Waals surface area contributed by atoms with E-state index < -0.39 is 0 Å². The van der Waals surface area contributed by atoms with Gasteiger partial charge in [0.1, 0.15) is 18.7 Å². The third kappa shape index (κ3) is 4.39. The van der Waals surface area contributed by atoms with Gasteiger partial charge in [-0.25, -0.2) is 9.97 Å². The number of rotatable bonds is 7. The number of halogens is 1. The number of ether oxygens (including phenoxy) is 2. The van der Waals surface area contributed by atoms with Crippen molar-refractivity contribution in [3.63, 3.8) is 0 Å². The predicted octanol–water partition coefficient (Wildman–Crippen LogP) is 4.83. The van der Waals surface area contributed by atoms with Crippen LogP contribution in [0.1, 0.15) is 19.4 Å². The van der Waals surface area contributed by atoms with Crippen molar-refractivity contribution in [2.45, 2.75) is 19.3 Å². The molecule has 0 atom stereocenters. The first-order chi connectivity index (χ1) is 14.5. The van der Waals surface area contributed by atoms with Crippen LogP contribution in [0, 0.1) is 0 Å². The SMILES string of the molecule is COCCOc1ccc(Nc2ncnc(N3CC(C)(C)c4ccc(Br)cc43)n2)cc1. The van der Waals surface area contributed by atoms with Gasteiger partial charge in [-0.1, -0.05) is 35.8 Å². The molecule has 8 heteroatoms. The van der Waals surface area contributed by atoms with Crippen LogP contribution in [0.3, 0.4) is 0 Å². The lowest BCUT2D eigenvalue weighted by molar-refractivity contribution is 0.146. The number of nitrogens with zero attached hydrogens (tertiary/aromatic N) is 4. The Morgan fingerprint density at radius 2 is 1.90 bits per heavy atom. The Bertz CT molecular complexity index is 1030. The molecule has 3 aromatic rings. The molecule has 0 saturated heterocycles. The maximum atomic E-state index is 5.60. The van der Waals surface area contributed by atoms with Gasteiger partial charge in [-0.3, -0.25) is 0 Å². The maximum absolute atomic E-state index is 5.60. The van der Waals surface area contributed by atoms with Crippen LogP contribution in [-0.4, -0.2) is 41.8 Å². The minimum Gasteiger partial charge on any atom is -0.491 e. The van der Waals surface area contributed by atoms with Gasteiger partial charge in [0.2, 0.25) is 11.9 Å². The summed E-state index contributed by atoms with van der Waals surface area (Å²) in [5.41, 5.74) is 3.28. The highest BCUT2D eigenvalue weighted by Gasteiger charge is 2.37. The average Bonchev–Trinajstić information content (AvgIpc) is 3.00. The molecule has 1 aromatic heterocycles. The quantitative estimate of drug-likeness (QED) is 0.496. The Balaban J connectivity index is 1.52. The van der Waals surface area contributed by atoms with Gasteiger partial charge in [-0.15, -0.1) is 0 Å². The van der Waals surface area contributed by atoms with Gasteiger partial charge in [-0.2, -0.15) is 4.98 Å². The van der Waals surface area contributed by atoms with Crippen molar-refractivity contribution < 1.29 is 9.47 Å². The molecule has 0 unspecified atom stereocenters. The molecule has 0 radical (unpaired) electrons. The number of methoxy groups -OCH3 is 1. The number of fused-ring (bicyclic) bond motifs is 1. The molecule has 156 valence electrons. The Morgan fingerprint density at radius 1 is 1.10 bits per heavy atom. The van der Waals surface area contributed by atoms with Crippen molar-refractivity contribution in [2.75, 3.05) is 37.1 Å². The highest BCUT2D eigenvalue weighted by Crippen LogP contribution is 2.44. The summed E-state index contributed by atoms with van der Waals surface area (Å²) in [7, 11) is 1.65. The highest BCUT2D eigenvalue weighted by molar-refractivity contribution is 9.10. The summed E-state index contributed by atoms with van der Waals surface area (Å²) in [4.78, 5) is 15.5. The van der Waals surface area contributed by atoms with Gasteiger partial charge in [-0.05, 0) is 42.0 Å². The molecule has 2 aromatic carbocycles. The second kappa shape index (κ2) is 8.57. The molecule has 0 saturated carbocycles. The largest absolute Gasteiger partial charge is 0.491 e. The van der Waals surface area contributed by atoms with Crippen LogP contribution < -0.4 is 15.0 Å². The fraction of sp³-hybridized carbons (Fsp3) is 0.318. The van der Waals surface area contributed by atoms with Crippen LogP contribution >= 0.6 is 15.9 Å². The third-order valence-corrected chi connectivity index (χ3v) is 5.49. The first-order valence-electron chi connectivity index (χ1n) is 9.72. The van der Waals surface area contributed by atoms with E-state index in [2.05, 4.69) is 73.1 Å². The van der Waals surface area contributed by atoms with Crippen molar-refractivity contribution in [3.8, 4) is 5.75 Å². The minimum atomic E-state index is 0.00883. The fourth-order valence-corrected chi connectivity index (χ4v) is 3.88. The van der Waals surface area contributed by atoms with Crippen LogP contribution in [-0.2, 0) is 10.2 Å². The van der Waals surface area contributed by atoms with Gasteiger partial charge < -0.3 is 19.7 Å². The molecule has 30 heavy (non-hydrogen) atoms. The summed E-state index contributed by atoms with van der Waals surface area (Å²) in [6, 6.07) is 14.0. The van der Waals surface area contributed by atoms with E-state index in [0.717, 1.165) is 28.1 Å². The lowest BCUT2D eigenvalue weighted by atomic mass is 9.87. The fourth-order valence-electron chi connectivity index (χ4n) is 3.53. The topological polar surface area (TPSA) is 72.4 Å². The summed E-state index contributed by atoms with van der Waals surface area (Å²) in [6.45, 7) is 6.34. The number of anilines is 4. The van der Waals surface area contributed by atoms with Gasteiger partial charge in [0, 0.05) is 34.9 Å². The normalized spacial score (nSPS) is 14.5. The lowest BCUT2D eigenvalue weighted by Crippen LogP contribution is -2.26. The summed E-state index contributed by atoms with van der Waals surface area (Å²) in [5, 5.41) is 3.24. The first-order valence-corrected chi connectivity index (χ1v) is 10.5. The Hall–Kier alpha value is -2.71. The van der Waals surface area contributed by atoms with E-state index in [1.165, 1.54) is 11.9 Å². The van der Waals surface area contributed by atoms with Crippen LogP contribution in [0.2, 0.25) is 0 Å². The Kier molecular flexibility index (Phi) is 5.87. The van der Waals surface area contributed by atoms with Gasteiger partial charge in [0.15, 0.2) is 0 Å². The molecular weight excluding hydrogens is 446 g/mol. The average molecular weight is 470 g/mol. The van der Waals surface area contributed by atoms with E-state index >= 15 is 0 Å². The zero-order valence-electron chi connectivity index (χ0n) is 17.2. The zero-order valence-corrected chi connectivity index (χ0v) is 18.8. The lowest BCUT2D eigenvalue weighted by Gasteiger charge is -2.20. The minimum absolute atomic E-state index is 0.00883. The van der Waals surface area contributed by atoms with E-state index in [0.29, 0.717) is 25.1 Å². The molecule has 1 aliphatic rings. The third-order valence-electron chi connectivity index (χ3n) is 5.00. The van der Waals surface area contributed by atoms with Crippen LogP contribution in [0.4, 0.5) is 23.3 Å². The van der Waals surface area contributed by atoms with Crippen molar-refractivity contribution >= 4 is 39.2 Å². The Morgan fingerprint density at radius 3 is 2.67 bits per heavy atom. The number of nitrogens with one attached hydrogen (secondary N) is 1. The smallest absolute Gasteiger partial charge is 0.234 e. The van der Waals surface area contributed by atoms with E-state index in [4.69, 9.17) is 9.47 Å². The van der Waals surface area contributed by atoms with Crippen molar-refractivity contribution in [2.24, 2.45) is 0 Å². The van der Waals surface area contributed by atoms with Gasteiger partial charge >= 0.3 is 0 Å². The van der Waals surface area contributed by atoms with Crippen LogP contribution in [0.15, 0.2) is 53.3 Å². The second-order valence-corrected chi connectivity index (χ2v) is 8.65. The molecule has 1 N–H and O–H groups in total. The number of hydrogen-bond acceptors (Lipinski definition) is 7. The first kappa shape index (κ1) is 20.6. The standard InChI is InChI=1S/C22H24BrN5O2/c1-22(2)13-28(19-12-15(23)4-9-18(19)22)21-25-14-24-20(27-21)26-16-5-7-17(8-6-16)30-11-10-29-3/h4-9,12,14H,10-11,13H2,1-3H3,(H,24,25,26,27). The summed E-state index contributed by atoms with van der Waals surface area (Å²) in [6.07, 6.45) is 1.54. The predicted molar refractivity (Wildman–Crippen MR) is 121 cm³/mol. The molecule has 0 bridgehead atoms. The van der Waals surface area contributed by atoms with Crippen molar-refractivity contribution in [1.29, 1.82) is 0 Å². The molecule has 0 aliphatic carbocycles. The molecule has 4 rings (SSSR count). The summed E-state index contributed by atoms with van der Waals surface area (Å²) < 4.78 is 11.6. The summed E-state index contributed by atoms with van der Waals surface area (Å²) >= 11 is 3.58. The highest BCUT2D eigenvalue weighted by atomic mass is 79.9. The molecular formula is C22H24BrN5O2. The summed E-state index contributed by atoms with van der Waals surface area (Å²) in [5.74, 6) is 1.90. The molecule has 2 heterocycles. The maximum Gasteiger partial charge on any atom is 0.234 e. The molecule has 7 nitrogen and oxygen atoms in total. The van der Waals surface area contributed by atoms with Crippen LogP contribution in [0.25, 0.3) is 0 Å². The molecule has 1 aliphatic heterocycles. The number of aromatic nitrogens is 3. The van der Waals surface area contributed by atoms with E-state index in [1.54, 1.807) is 7.11 Å². The zero-order chi connectivity index (χ0) is 21.1. The molecule has 0 amide bonds. The number of benzene rings is 2. The van der Waals surface area contributed by atoms with E-state index in [-0.39, 0.29) is 5.41 Å². The Labute approximate surface area is 184 Å². The monoisotopic (exact) mass is 469 g/mol. The van der Waals surface area contributed by atoms with Crippen molar-refractivity contribution in [1.82, 2.24) is 15.0 Å². The van der Waals surface area contributed by atoms with Gasteiger partial charge in [0.05, 0.1) is 6.61 Å². The number of hydrogen-bond donors (Lipinski definition) is 1. The van der Waals surface area contributed by atoms with Crippen LogP contribution in [0.5, 0.6) is 5.75 Å². The van der Waals surface area contributed by atoms with E-state index in [1.807, 2.05) is 24.3 Å². The van der Waals surface area contributed by atoms with Crippen molar-refractivity contribution in [3.05, 3.63) is 58.8 Å². The van der Waals surface area contributed by atoms with Gasteiger partial charge in [0.25, 0.3) is 0 Å². The molecule has 0 spiro atoms. The second-order valence-electron chi connectivity index (χ2n) is 7.73. The van der Waals surface area contributed by atoms with E-state index in [9.17, 15) is 0 Å². The molecule has 0 fully saturated rings.